The maximum absolute atomic E-state index is 12.5. The number of benzene rings is 2. The van der Waals surface area contributed by atoms with Crippen molar-refractivity contribution in [2.45, 2.75) is 31.2 Å². The van der Waals surface area contributed by atoms with E-state index in [0.717, 1.165) is 0 Å². The number of carbonyl (C=O) groups excluding carboxylic acids is 2. The van der Waals surface area contributed by atoms with Crippen molar-refractivity contribution < 1.29 is 27.5 Å². The van der Waals surface area contributed by atoms with Gasteiger partial charge in [-0.3, -0.25) is 14.3 Å². The Morgan fingerprint density at radius 3 is 2.21 bits per heavy atom. The molecular formula is C20H24N2O6S. The van der Waals surface area contributed by atoms with Crippen molar-refractivity contribution in [2.75, 3.05) is 18.4 Å². The highest BCUT2D eigenvalue weighted by Crippen LogP contribution is 2.19. The minimum atomic E-state index is -3.77. The Morgan fingerprint density at radius 1 is 1.03 bits per heavy atom. The van der Waals surface area contributed by atoms with E-state index in [2.05, 4.69) is 14.8 Å². The molecule has 1 atom stereocenters. The van der Waals surface area contributed by atoms with Gasteiger partial charge >= 0.3 is 5.97 Å². The molecule has 0 fully saturated rings. The maximum Gasteiger partial charge on any atom is 0.307 e. The van der Waals surface area contributed by atoms with Gasteiger partial charge in [-0.25, -0.2) is 8.42 Å². The van der Waals surface area contributed by atoms with Crippen LogP contribution in [0, 0.1) is 0 Å². The van der Waals surface area contributed by atoms with Crippen LogP contribution < -0.4 is 14.8 Å². The highest BCUT2D eigenvalue weighted by Gasteiger charge is 2.16. The molecule has 2 aromatic rings. The number of amides is 1. The highest BCUT2D eigenvalue weighted by molar-refractivity contribution is 7.92. The molecule has 2 N–H and O–H groups in total. The number of esters is 1. The molecule has 0 aromatic heterocycles. The molecule has 0 saturated carbocycles. The summed E-state index contributed by atoms with van der Waals surface area (Å²) in [5.41, 5.74) is 0.656. The van der Waals surface area contributed by atoms with E-state index in [0.29, 0.717) is 23.6 Å². The third-order valence-corrected chi connectivity index (χ3v) is 5.32. The lowest BCUT2D eigenvalue weighted by molar-refractivity contribution is -0.141. The lowest BCUT2D eigenvalue weighted by Gasteiger charge is -2.13. The molecule has 0 aliphatic heterocycles. The van der Waals surface area contributed by atoms with E-state index < -0.39 is 22.0 Å². The van der Waals surface area contributed by atoms with Crippen LogP contribution in [0.4, 0.5) is 5.69 Å². The van der Waals surface area contributed by atoms with Gasteiger partial charge in [0.1, 0.15) is 5.75 Å². The lowest BCUT2D eigenvalue weighted by atomic mass is 10.1. The van der Waals surface area contributed by atoms with Crippen LogP contribution >= 0.6 is 0 Å². The second kappa shape index (κ2) is 9.92. The molecule has 2 rings (SSSR count). The van der Waals surface area contributed by atoms with Crippen molar-refractivity contribution in [2.24, 2.45) is 0 Å². The first kappa shape index (κ1) is 22.2. The average Bonchev–Trinajstić information content (AvgIpc) is 2.68. The summed E-state index contributed by atoms with van der Waals surface area (Å²) >= 11 is 0. The number of anilines is 1. The Kier molecular flexibility index (Phi) is 7.60. The van der Waals surface area contributed by atoms with E-state index in [1.165, 1.54) is 43.5 Å². The number of methoxy groups -OCH3 is 1. The van der Waals surface area contributed by atoms with Crippen LogP contribution in [-0.4, -0.2) is 40.1 Å². The number of rotatable bonds is 9. The summed E-state index contributed by atoms with van der Waals surface area (Å²) in [4.78, 5) is 23.6. The topological polar surface area (TPSA) is 111 Å². The molecule has 0 radical (unpaired) electrons. The van der Waals surface area contributed by atoms with Gasteiger partial charge in [0.15, 0.2) is 0 Å². The smallest absolute Gasteiger partial charge is 0.307 e. The standard InChI is InChI=1S/C20H24N2O6S/c1-4-28-17-9-11-18(12-10-17)29(25,26)22-16-7-5-15(6-8-16)20(24)21-14(2)13-19(23)27-3/h5-12,14,22H,4,13H2,1-3H3,(H,21,24). The predicted molar refractivity (Wildman–Crippen MR) is 108 cm³/mol. The van der Waals surface area contributed by atoms with E-state index >= 15 is 0 Å². The number of sulfonamides is 1. The van der Waals surface area contributed by atoms with Crippen molar-refractivity contribution >= 4 is 27.6 Å². The minimum Gasteiger partial charge on any atom is -0.494 e. The van der Waals surface area contributed by atoms with Gasteiger partial charge in [-0.15, -0.1) is 0 Å². The normalized spacial score (nSPS) is 12.0. The molecule has 1 amide bonds. The number of hydrogen-bond donors (Lipinski definition) is 2. The first-order valence-corrected chi connectivity index (χ1v) is 10.5. The van der Waals surface area contributed by atoms with Gasteiger partial charge in [-0.2, -0.15) is 0 Å². The molecule has 0 bridgehead atoms. The third kappa shape index (κ3) is 6.49. The largest absolute Gasteiger partial charge is 0.494 e. The van der Waals surface area contributed by atoms with Gasteiger partial charge in [0.2, 0.25) is 0 Å². The van der Waals surface area contributed by atoms with Crippen molar-refractivity contribution in [3.63, 3.8) is 0 Å². The van der Waals surface area contributed by atoms with Crippen LogP contribution in [0.25, 0.3) is 0 Å². The van der Waals surface area contributed by atoms with E-state index in [9.17, 15) is 18.0 Å². The van der Waals surface area contributed by atoms with Crippen LogP contribution in [-0.2, 0) is 19.6 Å². The van der Waals surface area contributed by atoms with Crippen LogP contribution in [0.15, 0.2) is 53.4 Å². The Morgan fingerprint density at radius 2 is 1.66 bits per heavy atom. The first-order chi connectivity index (χ1) is 13.7. The summed E-state index contributed by atoms with van der Waals surface area (Å²) in [7, 11) is -2.49. The minimum absolute atomic E-state index is 0.0577. The average molecular weight is 420 g/mol. The molecule has 0 aliphatic rings. The van der Waals surface area contributed by atoms with Crippen LogP contribution in [0.3, 0.4) is 0 Å². The van der Waals surface area contributed by atoms with Gasteiger partial charge < -0.3 is 14.8 Å². The van der Waals surface area contributed by atoms with Gasteiger partial charge in [-0.05, 0) is 62.4 Å². The van der Waals surface area contributed by atoms with Gasteiger partial charge in [0, 0.05) is 17.3 Å². The molecule has 29 heavy (non-hydrogen) atoms. The van der Waals surface area contributed by atoms with Gasteiger partial charge in [-0.1, -0.05) is 0 Å². The lowest BCUT2D eigenvalue weighted by Crippen LogP contribution is -2.34. The van der Waals surface area contributed by atoms with E-state index in [-0.39, 0.29) is 17.2 Å². The SMILES string of the molecule is CCOc1ccc(S(=O)(=O)Nc2ccc(C(=O)NC(C)CC(=O)OC)cc2)cc1. The molecule has 156 valence electrons. The summed E-state index contributed by atoms with van der Waals surface area (Å²) in [6.07, 6.45) is 0.0577. The zero-order valence-corrected chi connectivity index (χ0v) is 17.3. The fourth-order valence-corrected chi connectivity index (χ4v) is 3.54. The van der Waals surface area contributed by atoms with E-state index in [4.69, 9.17) is 4.74 Å². The monoisotopic (exact) mass is 420 g/mol. The van der Waals surface area contributed by atoms with Crippen LogP contribution in [0.5, 0.6) is 5.75 Å². The van der Waals surface area contributed by atoms with Crippen molar-refractivity contribution in [3.8, 4) is 5.75 Å². The molecule has 2 aromatic carbocycles. The highest BCUT2D eigenvalue weighted by atomic mass is 32.2. The first-order valence-electron chi connectivity index (χ1n) is 8.98. The molecule has 0 saturated heterocycles. The summed E-state index contributed by atoms with van der Waals surface area (Å²) in [5, 5.41) is 2.68. The Balaban J connectivity index is 2.02. The third-order valence-electron chi connectivity index (χ3n) is 3.92. The molecule has 0 heterocycles. The molecular weight excluding hydrogens is 396 g/mol. The molecule has 9 heteroatoms. The summed E-state index contributed by atoms with van der Waals surface area (Å²) in [6.45, 7) is 4.02. The molecule has 8 nitrogen and oxygen atoms in total. The number of ether oxygens (including phenoxy) is 2. The maximum atomic E-state index is 12.5. The number of carbonyl (C=O) groups is 2. The second-order valence-corrected chi connectivity index (χ2v) is 7.92. The van der Waals surface area contributed by atoms with Crippen molar-refractivity contribution in [1.82, 2.24) is 5.32 Å². The Labute approximate surface area is 170 Å². The molecule has 0 spiro atoms. The number of nitrogens with one attached hydrogen (secondary N) is 2. The number of hydrogen-bond acceptors (Lipinski definition) is 6. The second-order valence-electron chi connectivity index (χ2n) is 6.24. The molecule has 0 aliphatic carbocycles. The van der Waals surface area contributed by atoms with Crippen molar-refractivity contribution in [1.29, 1.82) is 0 Å². The summed E-state index contributed by atoms with van der Waals surface area (Å²) < 4.78 is 37.3. The van der Waals surface area contributed by atoms with Crippen LogP contribution in [0.1, 0.15) is 30.6 Å². The van der Waals surface area contributed by atoms with Gasteiger partial charge in [0.05, 0.1) is 25.0 Å². The fourth-order valence-electron chi connectivity index (χ4n) is 2.48. The predicted octanol–water partition coefficient (Wildman–Crippen LogP) is 2.57. The summed E-state index contributed by atoms with van der Waals surface area (Å²) in [6, 6.07) is 11.7. The van der Waals surface area contributed by atoms with E-state index in [1.54, 1.807) is 19.1 Å². The zero-order valence-electron chi connectivity index (χ0n) is 16.5. The fraction of sp³-hybridized carbons (Fsp3) is 0.300. The van der Waals surface area contributed by atoms with Gasteiger partial charge in [0.25, 0.3) is 15.9 Å². The Bertz CT molecular complexity index is 940. The van der Waals surface area contributed by atoms with Crippen molar-refractivity contribution in [3.05, 3.63) is 54.1 Å². The van der Waals surface area contributed by atoms with E-state index in [1.807, 2.05) is 6.92 Å². The molecule has 1 unspecified atom stereocenters. The zero-order chi connectivity index (χ0) is 21.4. The Hall–Kier alpha value is -3.07. The quantitative estimate of drug-likeness (QED) is 0.603. The van der Waals surface area contributed by atoms with Crippen LogP contribution in [0.2, 0.25) is 0 Å². The summed E-state index contributed by atoms with van der Waals surface area (Å²) in [5.74, 6) is -0.206.